The third kappa shape index (κ3) is 4.70. The van der Waals surface area contributed by atoms with E-state index in [-0.39, 0.29) is 23.3 Å². The van der Waals surface area contributed by atoms with Gasteiger partial charge in [-0.3, -0.25) is 0 Å². The molecule has 1 aliphatic heterocycles. The summed E-state index contributed by atoms with van der Waals surface area (Å²) in [7, 11) is 0. The fourth-order valence-corrected chi connectivity index (χ4v) is 3.91. The second-order valence-electron chi connectivity index (χ2n) is 7.30. The Morgan fingerprint density at radius 3 is 2.35 bits per heavy atom. The second-order valence-corrected chi connectivity index (χ2v) is 7.30. The molecule has 1 atom stereocenters. The number of likely N-dealkylation sites (tertiary alicyclic amines) is 1. The quantitative estimate of drug-likeness (QED) is 0.834. The predicted octanol–water partition coefficient (Wildman–Crippen LogP) is 3.54. The molecule has 144 valence electrons. The van der Waals surface area contributed by atoms with E-state index in [2.05, 4.69) is 24.8 Å². The normalized spacial score (nSPS) is 19.8. The van der Waals surface area contributed by atoms with Crippen molar-refractivity contribution in [3.63, 3.8) is 0 Å². The van der Waals surface area contributed by atoms with Gasteiger partial charge in [0.25, 0.3) is 0 Å². The zero-order valence-corrected chi connectivity index (χ0v) is 16.3. The van der Waals surface area contributed by atoms with Crippen LogP contribution in [0.1, 0.15) is 31.4 Å². The van der Waals surface area contributed by atoms with E-state index in [4.69, 9.17) is 0 Å². The Bertz CT molecular complexity index is 690. The first kappa shape index (κ1) is 22.3. The summed E-state index contributed by atoms with van der Waals surface area (Å²) in [6.07, 6.45) is 2.12. The zero-order valence-electron chi connectivity index (χ0n) is 15.5. The van der Waals surface area contributed by atoms with Gasteiger partial charge in [0.05, 0.1) is 0 Å². The number of benzene rings is 2. The molecule has 0 bridgehead atoms. The van der Waals surface area contributed by atoms with Gasteiger partial charge < -0.3 is 20.6 Å². The Balaban J connectivity index is 0.00000169. The van der Waals surface area contributed by atoms with E-state index in [1.807, 2.05) is 24.3 Å². The molecule has 1 saturated heterocycles. The lowest BCUT2D eigenvalue weighted by atomic mass is 9.71. The molecule has 1 fully saturated rings. The van der Waals surface area contributed by atoms with Gasteiger partial charge in [0, 0.05) is 18.5 Å². The zero-order chi connectivity index (χ0) is 17.2. The average Bonchev–Trinajstić information content (AvgIpc) is 3.00. The van der Waals surface area contributed by atoms with Crippen LogP contribution in [0.3, 0.4) is 0 Å². The molecule has 4 N–H and O–H groups in total. The molecule has 2 aromatic carbocycles. The molecule has 1 unspecified atom stereocenters. The van der Waals surface area contributed by atoms with E-state index < -0.39 is 0 Å². The van der Waals surface area contributed by atoms with Gasteiger partial charge in [0.2, 0.25) is 0 Å². The highest BCUT2D eigenvalue weighted by molar-refractivity contribution is 5.85. The highest BCUT2D eigenvalue weighted by Crippen LogP contribution is 2.41. The maximum atomic E-state index is 9.88. The summed E-state index contributed by atoms with van der Waals surface area (Å²) in [4.78, 5) is 2.52. The molecular formula is C21H30ClNO3. The summed E-state index contributed by atoms with van der Waals surface area (Å²) in [6.45, 7) is 7.72. The first-order valence-electron chi connectivity index (χ1n) is 8.79. The lowest BCUT2D eigenvalue weighted by Crippen LogP contribution is -2.36. The molecule has 4 nitrogen and oxygen atoms in total. The molecule has 0 aliphatic carbocycles. The molecule has 0 aromatic heterocycles. The Morgan fingerprint density at radius 1 is 1.04 bits per heavy atom. The fraction of sp³-hybridized carbons (Fsp3) is 0.429. The monoisotopic (exact) mass is 379 g/mol. The number of hydrogen-bond acceptors (Lipinski definition) is 3. The number of hydrogen-bond donors (Lipinski definition) is 2. The lowest BCUT2D eigenvalue weighted by Gasteiger charge is -2.34. The highest BCUT2D eigenvalue weighted by atomic mass is 35.5. The van der Waals surface area contributed by atoms with Gasteiger partial charge in [0.1, 0.15) is 11.5 Å². The summed E-state index contributed by atoms with van der Waals surface area (Å²) < 4.78 is 0. The molecule has 0 spiro atoms. The van der Waals surface area contributed by atoms with Crippen LogP contribution in [0, 0.1) is 5.92 Å². The highest BCUT2D eigenvalue weighted by Gasteiger charge is 2.41. The molecule has 26 heavy (non-hydrogen) atoms. The van der Waals surface area contributed by atoms with E-state index >= 15 is 0 Å². The third-order valence-corrected chi connectivity index (χ3v) is 5.56. The molecule has 0 amide bonds. The van der Waals surface area contributed by atoms with Crippen LogP contribution in [0.15, 0.2) is 48.5 Å². The van der Waals surface area contributed by atoms with E-state index in [1.165, 1.54) is 11.1 Å². The van der Waals surface area contributed by atoms with Crippen molar-refractivity contribution in [1.29, 1.82) is 0 Å². The summed E-state index contributed by atoms with van der Waals surface area (Å²) in [5.74, 6) is 1.20. The van der Waals surface area contributed by atoms with Gasteiger partial charge >= 0.3 is 0 Å². The minimum absolute atomic E-state index is 0. The minimum atomic E-state index is 0. The molecule has 1 aliphatic rings. The maximum Gasteiger partial charge on any atom is 0.115 e. The van der Waals surface area contributed by atoms with Gasteiger partial charge in [-0.05, 0) is 60.7 Å². The summed E-state index contributed by atoms with van der Waals surface area (Å²) >= 11 is 0. The molecule has 0 saturated carbocycles. The maximum absolute atomic E-state index is 9.88. The van der Waals surface area contributed by atoms with Crippen molar-refractivity contribution in [1.82, 2.24) is 4.90 Å². The van der Waals surface area contributed by atoms with Gasteiger partial charge in [-0.15, -0.1) is 12.4 Å². The summed E-state index contributed by atoms with van der Waals surface area (Å²) in [5, 5.41) is 19.3. The van der Waals surface area contributed by atoms with Crippen LogP contribution in [0.5, 0.6) is 11.5 Å². The Morgan fingerprint density at radius 2 is 1.73 bits per heavy atom. The van der Waals surface area contributed by atoms with E-state index in [1.54, 1.807) is 18.2 Å². The molecule has 3 rings (SSSR count). The predicted molar refractivity (Wildman–Crippen MR) is 108 cm³/mol. The topological polar surface area (TPSA) is 75.2 Å². The first-order chi connectivity index (χ1) is 11.5. The Hall–Kier alpha value is -1.75. The molecule has 5 heteroatoms. The summed E-state index contributed by atoms with van der Waals surface area (Å²) in [5.41, 5.74) is 2.63. The van der Waals surface area contributed by atoms with Gasteiger partial charge in [-0.2, -0.15) is 0 Å². The van der Waals surface area contributed by atoms with Crippen molar-refractivity contribution >= 4 is 12.4 Å². The van der Waals surface area contributed by atoms with Gasteiger partial charge in [0.15, 0.2) is 0 Å². The van der Waals surface area contributed by atoms with Crippen LogP contribution in [-0.4, -0.2) is 40.2 Å². The third-order valence-electron chi connectivity index (χ3n) is 5.56. The van der Waals surface area contributed by atoms with E-state index in [0.717, 1.165) is 32.5 Å². The van der Waals surface area contributed by atoms with Crippen LogP contribution in [0.4, 0.5) is 0 Å². The average molecular weight is 380 g/mol. The van der Waals surface area contributed by atoms with Crippen LogP contribution in [0.2, 0.25) is 0 Å². The molecule has 1 heterocycles. The molecule has 2 aromatic rings. The smallest absolute Gasteiger partial charge is 0.115 e. The lowest BCUT2D eigenvalue weighted by molar-refractivity contribution is 0.270. The number of halogens is 1. The van der Waals surface area contributed by atoms with Crippen LogP contribution in [0.25, 0.3) is 0 Å². The standard InChI is InChI=1S/C21H27NO2.ClH.H2O/c1-16(2)21(18-4-3-5-20(24)14-18)11-13-22(15-21)12-10-17-6-8-19(23)9-7-17;;/h3-9,14,16,23-24H,10-13,15H2,1-2H3;1H;1H2. The second kappa shape index (κ2) is 9.26. The molecule has 0 radical (unpaired) electrons. The van der Waals surface area contributed by atoms with Crippen molar-refractivity contribution in [3.05, 3.63) is 59.7 Å². The number of phenols is 2. The van der Waals surface area contributed by atoms with Gasteiger partial charge in [-0.1, -0.05) is 38.1 Å². The van der Waals surface area contributed by atoms with Crippen molar-refractivity contribution in [2.75, 3.05) is 19.6 Å². The van der Waals surface area contributed by atoms with Crippen LogP contribution < -0.4 is 0 Å². The minimum Gasteiger partial charge on any atom is -0.508 e. The number of rotatable bonds is 5. The van der Waals surface area contributed by atoms with E-state index in [9.17, 15) is 10.2 Å². The Kier molecular flexibility index (Phi) is 7.94. The van der Waals surface area contributed by atoms with Crippen molar-refractivity contribution in [3.8, 4) is 11.5 Å². The number of nitrogens with zero attached hydrogens (tertiary/aromatic N) is 1. The Labute approximate surface area is 162 Å². The fourth-order valence-electron chi connectivity index (χ4n) is 3.91. The van der Waals surface area contributed by atoms with E-state index in [0.29, 0.717) is 17.4 Å². The number of phenolic OH excluding ortho intramolecular Hbond substituents is 2. The van der Waals surface area contributed by atoms with Crippen molar-refractivity contribution in [2.24, 2.45) is 5.92 Å². The van der Waals surface area contributed by atoms with Crippen LogP contribution >= 0.6 is 12.4 Å². The first-order valence-corrected chi connectivity index (χ1v) is 8.79. The van der Waals surface area contributed by atoms with Crippen LogP contribution in [-0.2, 0) is 11.8 Å². The largest absolute Gasteiger partial charge is 0.508 e. The van der Waals surface area contributed by atoms with Crippen molar-refractivity contribution in [2.45, 2.75) is 32.1 Å². The summed E-state index contributed by atoms with van der Waals surface area (Å²) in [6, 6.07) is 15.3. The SMILES string of the molecule is CC(C)C1(c2cccc(O)c2)CCN(CCc2ccc(O)cc2)C1.Cl.O. The van der Waals surface area contributed by atoms with Gasteiger partial charge in [-0.25, -0.2) is 0 Å². The van der Waals surface area contributed by atoms with Crippen molar-refractivity contribution < 1.29 is 15.7 Å². The number of aromatic hydroxyl groups is 2. The molecular weight excluding hydrogens is 350 g/mol.